The number of aromatic nitrogens is 2. The van der Waals surface area contributed by atoms with Gasteiger partial charge in [-0.3, -0.25) is 14.4 Å². The molecule has 0 spiro atoms. The third kappa shape index (κ3) is 3.08. The van der Waals surface area contributed by atoms with Gasteiger partial charge in [-0.15, -0.1) is 0 Å². The van der Waals surface area contributed by atoms with Gasteiger partial charge in [0, 0.05) is 39.0 Å². The molecule has 0 aromatic carbocycles. The van der Waals surface area contributed by atoms with Crippen molar-refractivity contribution in [1.82, 2.24) is 20.0 Å². The van der Waals surface area contributed by atoms with E-state index in [0.717, 1.165) is 19.5 Å². The normalized spacial score (nSPS) is 20.2. The minimum absolute atomic E-state index is 0.0621. The van der Waals surface area contributed by atoms with Gasteiger partial charge in [-0.25, -0.2) is 0 Å². The molecule has 0 unspecified atom stereocenters. The summed E-state index contributed by atoms with van der Waals surface area (Å²) in [4.78, 5) is 13.6. The first kappa shape index (κ1) is 13.0. The van der Waals surface area contributed by atoms with Crippen LogP contribution in [-0.4, -0.2) is 53.9 Å². The average molecular weight is 252 g/mol. The Morgan fingerprint density at radius 3 is 3.28 bits per heavy atom. The number of ether oxygens (including phenoxy) is 1. The molecule has 0 fully saturated rings. The SMILES string of the molecule is COCC(=O)NC[C@@H]1CCn2nccc2CN1C. The summed E-state index contributed by atoms with van der Waals surface area (Å²) in [5.74, 6) is -0.0621. The van der Waals surface area contributed by atoms with Gasteiger partial charge in [0.2, 0.25) is 5.91 Å². The lowest BCUT2D eigenvalue weighted by Crippen LogP contribution is -2.42. The smallest absolute Gasteiger partial charge is 0.246 e. The van der Waals surface area contributed by atoms with Crippen LogP contribution in [0.15, 0.2) is 12.3 Å². The molecule has 1 amide bonds. The number of nitrogens with zero attached hydrogens (tertiary/aromatic N) is 3. The lowest BCUT2D eigenvalue weighted by molar-refractivity contribution is -0.124. The molecule has 6 nitrogen and oxygen atoms in total. The van der Waals surface area contributed by atoms with Crippen LogP contribution < -0.4 is 5.32 Å². The number of hydrogen-bond acceptors (Lipinski definition) is 4. The fourth-order valence-electron chi connectivity index (χ4n) is 2.24. The van der Waals surface area contributed by atoms with E-state index in [2.05, 4.69) is 22.4 Å². The molecule has 0 bridgehead atoms. The molecule has 6 heteroatoms. The van der Waals surface area contributed by atoms with E-state index in [4.69, 9.17) is 4.74 Å². The predicted octanol–water partition coefficient (Wildman–Crippen LogP) is -0.150. The highest BCUT2D eigenvalue weighted by atomic mass is 16.5. The van der Waals surface area contributed by atoms with Gasteiger partial charge < -0.3 is 10.1 Å². The van der Waals surface area contributed by atoms with Crippen LogP contribution in [0.5, 0.6) is 0 Å². The summed E-state index contributed by atoms with van der Waals surface area (Å²) in [6.07, 6.45) is 2.82. The Hall–Kier alpha value is -1.40. The lowest BCUT2D eigenvalue weighted by Gasteiger charge is -2.25. The van der Waals surface area contributed by atoms with Crippen molar-refractivity contribution in [2.24, 2.45) is 0 Å². The Bertz CT molecular complexity index is 405. The minimum Gasteiger partial charge on any atom is -0.375 e. The Morgan fingerprint density at radius 2 is 2.50 bits per heavy atom. The molecule has 1 aliphatic heterocycles. The maximum Gasteiger partial charge on any atom is 0.246 e. The lowest BCUT2D eigenvalue weighted by atomic mass is 10.2. The fraction of sp³-hybridized carbons (Fsp3) is 0.667. The van der Waals surface area contributed by atoms with Crippen LogP contribution in [0.3, 0.4) is 0 Å². The predicted molar refractivity (Wildman–Crippen MR) is 67.0 cm³/mol. The van der Waals surface area contributed by atoms with E-state index in [1.807, 2.05) is 16.9 Å². The van der Waals surface area contributed by atoms with Gasteiger partial charge >= 0.3 is 0 Å². The number of likely N-dealkylation sites (N-methyl/N-ethyl adjacent to an activating group) is 1. The van der Waals surface area contributed by atoms with Gasteiger partial charge in [-0.05, 0) is 19.5 Å². The number of amides is 1. The van der Waals surface area contributed by atoms with Gasteiger partial charge in [0.25, 0.3) is 0 Å². The van der Waals surface area contributed by atoms with Crippen molar-refractivity contribution in [1.29, 1.82) is 0 Å². The van der Waals surface area contributed by atoms with Crippen LogP contribution >= 0.6 is 0 Å². The van der Waals surface area contributed by atoms with E-state index in [-0.39, 0.29) is 12.5 Å². The Labute approximate surface area is 107 Å². The Balaban J connectivity index is 1.87. The molecule has 1 aromatic rings. The highest BCUT2D eigenvalue weighted by Crippen LogP contribution is 2.14. The van der Waals surface area contributed by atoms with E-state index in [0.29, 0.717) is 12.6 Å². The molecule has 0 saturated carbocycles. The van der Waals surface area contributed by atoms with E-state index in [1.54, 1.807) is 0 Å². The van der Waals surface area contributed by atoms with Gasteiger partial charge in [0.15, 0.2) is 0 Å². The number of rotatable bonds is 4. The Kier molecular flexibility index (Phi) is 4.33. The quantitative estimate of drug-likeness (QED) is 0.809. The van der Waals surface area contributed by atoms with Crippen LogP contribution in [0.25, 0.3) is 0 Å². The van der Waals surface area contributed by atoms with Gasteiger partial charge in [0.1, 0.15) is 6.61 Å². The number of fused-ring (bicyclic) bond motifs is 1. The van der Waals surface area contributed by atoms with Crippen LogP contribution in [0, 0.1) is 0 Å². The zero-order valence-electron chi connectivity index (χ0n) is 10.9. The van der Waals surface area contributed by atoms with Crippen LogP contribution in [0.4, 0.5) is 0 Å². The molecule has 100 valence electrons. The molecule has 1 atom stereocenters. The third-order valence-corrected chi connectivity index (χ3v) is 3.32. The monoisotopic (exact) mass is 252 g/mol. The first-order valence-electron chi connectivity index (χ1n) is 6.17. The number of hydrogen-bond donors (Lipinski definition) is 1. The average Bonchev–Trinajstić information content (AvgIpc) is 2.71. The van der Waals surface area contributed by atoms with Crippen LogP contribution in [0.1, 0.15) is 12.1 Å². The largest absolute Gasteiger partial charge is 0.375 e. The van der Waals surface area contributed by atoms with Gasteiger partial charge in [-0.2, -0.15) is 5.10 Å². The van der Waals surface area contributed by atoms with E-state index >= 15 is 0 Å². The van der Waals surface area contributed by atoms with E-state index in [9.17, 15) is 4.79 Å². The molecule has 0 aliphatic carbocycles. The van der Waals surface area contributed by atoms with Crippen molar-refractivity contribution >= 4 is 5.91 Å². The minimum atomic E-state index is -0.0621. The van der Waals surface area contributed by atoms with Crippen molar-refractivity contribution in [2.45, 2.75) is 25.6 Å². The zero-order chi connectivity index (χ0) is 13.0. The zero-order valence-corrected chi connectivity index (χ0v) is 10.9. The second-order valence-electron chi connectivity index (χ2n) is 4.64. The molecular formula is C12H20N4O2. The summed E-state index contributed by atoms with van der Waals surface area (Å²) in [5.41, 5.74) is 1.23. The highest BCUT2D eigenvalue weighted by molar-refractivity contribution is 5.77. The van der Waals surface area contributed by atoms with E-state index < -0.39 is 0 Å². The topological polar surface area (TPSA) is 59.4 Å². The number of methoxy groups -OCH3 is 1. The third-order valence-electron chi connectivity index (χ3n) is 3.32. The molecular weight excluding hydrogens is 232 g/mol. The van der Waals surface area contributed by atoms with Crippen molar-refractivity contribution in [3.05, 3.63) is 18.0 Å². The standard InChI is InChI=1S/C12H20N4O2/c1-15-8-11-3-5-14-16(11)6-4-10(15)7-13-12(17)9-18-2/h3,5,10H,4,6-9H2,1-2H3,(H,13,17)/t10-/m0/s1. The first-order valence-corrected chi connectivity index (χ1v) is 6.17. The summed E-state index contributed by atoms with van der Waals surface area (Å²) < 4.78 is 6.83. The fourth-order valence-corrected chi connectivity index (χ4v) is 2.24. The molecule has 0 radical (unpaired) electrons. The van der Waals surface area contributed by atoms with Crippen LogP contribution in [0.2, 0.25) is 0 Å². The van der Waals surface area contributed by atoms with Crippen molar-refractivity contribution in [3.63, 3.8) is 0 Å². The Morgan fingerprint density at radius 1 is 1.67 bits per heavy atom. The van der Waals surface area contributed by atoms with Crippen molar-refractivity contribution in [3.8, 4) is 0 Å². The van der Waals surface area contributed by atoms with E-state index in [1.165, 1.54) is 12.8 Å². The summed E-state index contributed by atoms with van der Waals surface area (Å²) in [6.45, 7) is 2.55. The summed E-state index contributed by atoms with van der Waals surface area (Å²) in [5, 5.41) is 7.19. The van der Waals surface area contributed by atoms with Crippen LogP contribution in [-0.2, 0) is 22.6 Å². The summed E-state index contributed by atoms with van der Waals surface area (Å²) in [7, 11) is 3.60. The molecule has 2 rings (SSSR count). The molecule has 1 N–H and O–H groups in total. The molecule has 0 saturated heterocycles. The maximum atomic E-state index is 11.4. The first-order chi connectivity index (χ1) is 8.70. The van der Waals surface area contributed by atoms with Crippen molar-refractivity contribution < 1.29 is 9.53 Å². The number of carbonyl (C=O) groups excluding carboxylic acids is 1. The molecule has 1 aromatic heterocycles. The number of carbonyl (C=O) groups is 1. The van der Waals surface area contributed by atoms with Gasteiger partial charge in [0.05, 0.1) is 5.69 Å². The van der Waals surface area contributed by atoms with Gasteiger partial charge in [-0.1, -0.05) is 0 Å². The highest BCUT2D eigenvalue weighted by Gasteiger charge is 2.21. The molecule has 1 aliphatic rings. The maximum absolute atomic E-state index is 11.4. The number of aryl methyl sites for hydroxylation is 1. The summed E-state index contributed by atoms with van der Waals surface area (Å²) >= 11 is 0. The second kappa shape index (κ2) is 5.97. The number of nitrogens with one attached hydrogen (secondary N) is 1. The molecule has 18 heavy (non-hydrogen) atoms. The molecule has 2 heterocycles. The van der Waals surface area contributed by atoms with Crippen molar-refractivity contribution in [2.75, 3.05) is 27.3 Å². The second-order valence-corrected chi connectivity index (χ2v) is 4.64. The summed E-state index contributed by atoms with van der Waals surface area (Å²) in [6, 6.07) is 2.38.